The molecule has 0 spiro atoms. The first-order chi connectivity index (χ1) is 14.6. The maximum Gasteiger partial charge on any atom is 0.295 e. The number of fused-ring (bicyclic) bond motifs is 1. The predicted molar refractivity (Wildman–Crippen MR) is 111 cm³/mol. The molecule has 2 amide bonds. The summed E-state index contributed by atoms with van der Waals surface area (Å²) in [5, 5.41) is 10.6. The lowest BCUT2D eigenvalue weighted by atomic mass is 9.99. The first-order valence-corrected chi connectivity index (χ1v) is 9.97. The van der Waals surface area contributed by atoms with Crippen LogP contribution in [0.2, 0.25) is 0 Å². The van der Waals surface area contributed by atoms with Gasteiger partial charge >= 0.3 is 0 Å². The van der Waals surface area contributed by atoms with E-state index in [4.69, 9.17) is 14.2 Å². The summed E-state index contributed by atoms with van der Waals surface area (Å²) in [6.07, 6.45) is 0. The number of hydrogen-bond acceptors (Lipinski definition) is 6. The minimum Gasteiger partial charge on any atom is -0.490 e. The molecule has 8 heteroatoms. The zero-order valence-corrected chi connectivity index (χ0v) is 17.3. The Labute approximate surface area is 175 Å². The second-order valence-corrected chi connectivity index (χ2v) is 6.43. The van der Waals surface area contributed by atoms with Gasteiger partial charge in [-0.25, -0.2) is 0 Å². The van der Waals surface area contributed by atoms with Crippen LogP contribution >= 0.6 is 0 Å². The quantitative estimate of drug-likeness (QED) is 0.673. The van der Waals surface area contributed by atoms with Gasteiger partial charge in [0, 0.05) is 17.7 Å². The van der Waals surface area contributed by atoms with Crippen molar-refractivity contribution >= 4 is 11.8 Å². The number of carbonyl (C=O) groups excluding carboxylic acids is 2. The Kier molecular flexibility index (Phi) is 7.00. The Bertz CT molecular complexity index is 931. The Morgan fingerprint density at radius 3 is 2.27 bits per heavy atom. The van der Waals surface area contributed by atoms with Gasteiger partial charge in [-0.05, 0) is 44.5 Å². The summed E-state index contributed by atoms with van der Waals surface area (Å²) in [7, 11) is 0. The summed E-state index contributed by atoms with van der Waals surface area (Å²) in [4.78, 5) is 24.7. The van der Waals surface area contributed by atoms with Crippen molar-refractivity contribution in [1.82, 2.24) is 5.32 Å². The van der Waals surface area contributed by atoms with E-state index in [0.717, 1.165) is 5.56 Å². The number of rotatable bonds is 9. The SMILES string of the molecule is CCOc1cc(C(=O)NCC2N=NC(=O)c3ccccc32)cc(OCC)c1OCC. The molecule has 0 radical (unpaired) electrons. The fourth-order valence-electron chi connectivity index (χ4n) is 3.18. The molecular formula is C22H25N3O5. The first-order valence-electron chi connectivity index (χ1n) is 9.97. The minimum atomic E-state index is -0.428. The Hall–Kier alpha value is -3.42. The van der Waals surface area contributed by atoms with Crippen LogP contribution in [0.4, 0.5) is 0 Å². The molecule has 158 valence electrons. The number of ether oxygens (including phenoxy) is 3. The molecule has 2 aromatic rings. The van der Waals surface area contributed by atoms with E-state index in [1.54, 1.807) is 24.3 Å². The highest BCUT2D eigenvalue weighted by Crippen LogP contribution is 2.39. The summed E-state index contributed by atoms with van der Waals surface area (Å²) in [6, 6.07) is 9.97. The summed E-state index contributed by atoms with van der Waals surface area (Å²) in [5.74, 6) is 0.686. The zero-order valence-electron chi connectivity index (χ0n) is 17.3. The van der Waals surface area contributed by atoms with Crippen LogP contribution in [0.25, 0.3) is 0 Å². The number of carbonyl (C=O) groups is 2. The Morgan fingerprint density at radius 1 is 1.00 bits per heavy atom. The van der Waals surface area contributed by atoms with Gasteiger partial charge in [0.25, 0.3) is 11.8 Å². The van der Waals surface area contributed by atoms with Gasteiger partial charge in [0.2, 0.25) is 5.75 Å². The van der Waals surface area contributed by atoms with Gasteiger partial charge in [0.15, 0.2) is 11.5 Å². The van der Waals surface area contributed by atoms with E-state index in [9.17, 15) is 9.59 Å². The van der Waals surface area contributed by atoms with Crippen molar-refractivity contribution in [3.8, 4) is 17.2 Å². The molecular weight excluding hydrogens is 386 g/mol. The third-order valence-electron chi connectivity index (χ3n) is 4.47. The second kappa shape index (κ2) is 9.87. The highest BCUT2D eigenvalue weighted by Gasteiger charge is 2.24. The van der Waals surface area contributed by atoms with Crippen LogP contribution in [0.5, 0.6) is 17.2 Å². The van der Waals surface area contributed by atoms with Gasteiger partial charge in [-0.2, -0.15) is 5.11 Å². The van der Waals surface area contributed by atoms with Gasteiger partial charge in [0.05, 0.1) is 19.8 Å². The van der Waals surface area contributed by atoms with Crippen LogP contribution in [0.1, 0.15) is 53.1 Å². The van der Waals surface area contributed by atoms with Crippen molar-refractivity contribution < 1.29 is 23.8 Å². The number of amides is 2. The lowest BCUT2D eigenvalue weighted by Crippen LogP contribution is -2.29. The van der Waals surface area contributed by atoms with Crippen LogP contribution in [0.15, 0.2) is 46.6 Å². The van der Waals surface area contributed by atoms with Crippen LogP contribution in [-0.4, -0.2) is 38.2 Å². The van der Waals surface area contributed by atoms with Crippen molar-refractivity contribution in [3.63, 3.8) is 0 Å². The molecule has 0 saturated heterocycles. The van der Waals surface area contributed by atoms with E-state index in [0.29, 0.717) is 48.2 Å². The summed E-state index contributed by atoms with van der Waals surface area (Å²) in [6.45, 7) is 7.07. The zero-order chi connectivity index (χ0) is 21.5. The molecule has 1 heterocycles. The van der Waals surface area contributed by atoms with Crippen LogP contribution in [0, 0.1) is 0 Å². The molecule has 1 atom stereocenters. The molecule has 30 heavy (non-hydrogen) atoms. The molecule has 1 N–H and O–H groups in total. The van der Waals surface area contributed by atoms with Crippen molar-refractivity contribution in [2.45, 2.75) is 26.8 Å². The average molecular weight is 411 g/mol. The molecule has 2 aromatic carbocycles. The topological polar surface area (TPSA) is 98.6 Å². The number of azo groups is 1. The molecule has 1 unspecified atom stereocenters. The molecule has 1 aliphatic rings. The summed E-state index contributed by atoms with van der Waals surface area (Å²) < 4.78 is 17.0. The van der Waals surface area contributed by atoms with Gasteiger partial charge in [0.1, 0.15) is 6.04 Å². The second-order valence-electron chi connectivity index (χ2n) is 6.43. The highest BCUT2D eigenvalue weighted by molar-refractivity contribution is 5.97. The Balaban J connectivity index is 1.81. The average Bonchev–Trinajstić information content (AvgIpc) is 2.75. The molecule has 0 fully saturated rings. The maximum atomic E-state index is 12.8. The largest absolute Gasteiger partial charge is 0.490 e. The maximum absolute atomic E-state index is 12.8. The van der Waals surface area contributed by atoms with Crippen molar-refractivity contribution in [3.05, 3.63) is 53.1 Å². The highest BCUT2D eigenvalue weighted by atomic mass is 16.5. The lowest BCUT2D eigenvalue weighted by molar-refractivity contribution is 0.0949. The smallest absolute Gasteiger partial charge is 0.295 e. The van der Waals surface area contributed by atoms with Gasteiger partial charge < -0.3 is 19.5 Å². The van der Waals surface area contributed by atoms with E-state index in [-0.39, 0.29) is 18.4 Å². The third-order valence-corrected chi connectivity index (χ3v) is 4.47. The van der Waals surface area contributed by atoms with Crippen LogP contribution in [-0.2, 0) is 0 Å². The number of nitrogens with zero attached hydrogens (tertiary/aromatic N) is 2. The van der Waals surface area contributed by atoms with Crippen molar-refractivity contribution in [2.75, 3.05) is 26.4 Å². The first kappa shape index (κ1) is 21.3. The summed E-state index contributed by atoms with van der Waals surface area (Å²) in [5.41, 5.74) is 1.63. The van der Waals surface area contributed by atoms with E-state index in [1.807, 2.05) is 32.9 Å². The molecule has 0 bridgehead atoms. The predicted octanol–water partition coefficient (Wildman–Crippen LogP) is 3.96. The van der Waals surface area contributed by atoms with E-state index >= 15 is 0 Å². The van der Waals surface area contributed by atoms with Crippen LogP contribution < -0.4 is 19.5 Å². The molecule has 0 aromatic heterocycles. The Morgan fingerprint density at radius 2 is 1.63 bits per heavy atom. The monoisotopic (exact) mass is 411 g/mol. The van der Waals surface area contributed by atoms with Gasteiger partial charge in [-0.1, -0.05) is 18.2 Å². The number of benzene rings is 2. The number of nitrogens with one attached hydrogen (secondary N) is 1. The van der Waals surface area contributed by atoms with E-state index in [1.165, 1.54) is 0 Å². The molecule has 1 aliphatic heterocycles. The molecule has 3 rings (SSSR count). The van der Waals surface area contributed by atoms with Crippen molar-refractivity contribution in [2.24, 2.45) is 10.2 Å². The van der Waals surface area contributed by atoms with Crippen LogP contribution in [0.3, 0.4) is 0 Å². The fourth-order valence-corrected chi connectivity index (χ4v) is 3.18. The summed E-state index contributed by atoms with van der Waals surface area (Å²) >= 11 is 0. The van der Waals surface area contributed by atoms with Gasteiger partial charge in [-0.15, -0.1) is 5.11 Å². The molecule has 0 saturated carbocycles. The van der Waals surface area contributed by atoms with Gasteiger partial charge in [-0.3, -0.25) is 9.59 Å². The van der Waals surface area contributed by atoms with Crippen molar-refractivity contribution in [1.29, 1.82) is 0 Å². The fraction of sp³-hybridized carbons (Fsp3) is 0.364. The third kappa shape index (κ3) is 4.59. The van der Waals surface area contributed by atoms with E-state index < -0.39 is 6.04 Å². The normalized spacial score (nSPS) is 14.8. The lowest BCUT2D eigenvalue weighted by Gasteiger charge is -2.19. The molecule has 8 nitrogen and oxygen atoms in total. The molecule has 0 aliphatic carbocycles. The standard InChI is InChI=1S/C22H25N3O5/c1-4-28-18-11-14(12-19(29-5-2)20(18)30-6-3)21(26)23-13-17-15-9-7-8-10-16(15)22(27)25-24-17/h7-12,17H,4-6,13H2,1-3H3,(H,23,26). The minimum absolute atomic E-state index is 0.202. The number of hydrogen-bond donors (Lipinski definition) is 1. The van der Waals surface area contributed by atoms with E-state index in [2.05, 4.69) is 15.5 Å².